The highest BCUT2D eigenvalue weighted by atomic mass is 32.1. The van der Waals surface area contributed by atoms with Crippen LogP contribution < -0.4 is 4.74 Å². The summed E-state index contributed by atoms with van der Waals surface area (Å²) in [4.78, 5) is 25.0. The Balaban J connectivity index is 1.72. The summed E-state index contributed by atoms with van der Waals surface area (Å²) in [5.41, 5.74) is 0.940. The van der Waals surface area contributed by atoms with Crippen molar-refractivity contribution in [3.05, 3.63) is 47.2 Å². The number of halogens is 3. The average molecular weight is 473 g/mol. The van der Waals surface area contributed by atoms with Crippen molar-refractivity contribution in [2.75, 3.05) is 7.11 Å². The third-order valence-electron chi connectivity index (χ3n) is 6.06. The molecule has 0 bridgehead atoms. The van der Waals surface area contributed by atoms with E-state index in [4.69, 9.17) is 4.74 Å². The molecule has 5 rings (SSSR count). The number of aliphatic hydroxyl groups excluding tert-OH is 1. The predicted octanol–water partition coefficient (Wildman–Crippen LogP) is 5.41. The Labute approximate surface area is 190 Å². The largest absolute Gasteiger partial charge is 0.480 e. The van der Waals surface area contributed by atoms with E-state index in [2.05, 4.69) is 15.0 Å². The average Bonchev–Trinajstić information content (AvgIpc) is 3.50. The lowest BCUT2D eigenvalue weighted by Crippen LogP contribution is -2.31. The van der Waals surface area contributed by atoms with Gasteiger partial charge >= 0.3 is 6.18 Å². The normalized spacial score (nSPS) is 16.2. The zero-order valence-corrected chi connectivity index (χ0v) is 18.4. The Morgan fingerprint density at radius 2 is 1.94 bits per heavy atom. The molecule has 2 aromatic carbocycles. The molecule has 33 heavy (non-hydrogen) atoms. The van der Waals surface area contributed by atoms with Crippen molar-refractivity contribution < 1.29 is 27.8 Å². The van der Waals surface area contributed by atoms with Crippen molar-refractivity contribution >= 4 is 38.9 Å². The van der Waals surface area contributed by atoms with Gasteiger partial charge < -0.3 is 9.84 Å². The summed E-state index contributed by atoms with van der Waals surface area (Å²) in [6, 6.07) is 6.59. The summed E-state index contributed by atoms with van der Waals surface area (Å²) in [5.74, 6) is 0.353. The predicted molar refractivity (Wildman–Crippen MR) is 118 cm³/mol. The maximum absolute atomic E-state index is 13.7. The molecule has 0 radical (unpaired) electrons. The molecule has 1 N–H and O–H groups in total. The van der Waals surface area contributed by atoms with Crippen molar-refractivity contribution in [1.29, 1.82) is 0 Å². The fraction of sp³-hybridized carbons (Fsp3) is 0.304. The fourth-order valence-corrected chi connectivity index (χ4v) is 5.19. The van der Waals surface area contributed by atoms with Crippen LogP contribution in [-0.4, -0.2) is 39.6 Å². The van der Waals surface area contributed by atoms with Crippen molar-refractivity contribution in [3.8, 4) is 16.5 Å². The maximum atomic E-state index is 13.7. The quantitative estimate of drug-likeness (QED) is 0.390. The maximum Gasteiger partial charge on any atom is 0.397 e. The van der Waals surface area contributed by atoms with E-state index in [0.717, 1.165) is 5.56 Å². The number of nitrogens with zero attached hydrogens (tertiary/aromatic N) is 3. The SMILES string of the molecule is COc1cnc2c(-c3nc4c(C(O)C5(C(F)(F)F)CC5)cc(C=O)cc4s3)cc(C)cc2n1. The summed E-state index contributed by atoms with van der Waals surface area (Å²) < 4.78 is 46.7. The first-order valence-corrected chi connectivity index (χ1v) is 10.9. The minimum absolute atomic E-state index is 0.0108. The molecule has 0 aliphatic heterocycles. The zero-order chi connectivity index (χ0) is 23.5. The number of benzene rings is 2. The molecule has 2 aromatic heterocycles. The van der Waals surface area contributed by atoms with E-state index in [-0.39, 0.29) is 29.5 Å². The van der Waals surface area contributed by atoms with Gasteiger partial charge in [-0.1, -0.05) is 0 Å². The summed E-state index contributed by atoms with van der Waals surface area (Å²) >= 11 is 1.22. The van der Waals surface area contributed by atoms with Crippen LogP contribution in [0.4, 0.5) is 13.2 Å². The van der Waals surface area contributed by atoms with Crippen molar-refractivity contribution in [1.82, 2.24) is 15.0 Å². The minimum atomic E-state index is -4.56. The van der Waals surface area contributed by atoms with Gasteiger partial charge in [0, 0.05) is 16.7 Å². The Bertz CT molecular complexity index is 1410. The van der Waals surface area contributed by atoms with Gasteiger partial charge in [-0.3, -0.25) is 4.79 Å². The molecule has 1 saturated carbocycles. The van der Waals surface area contributed by atoms with Crippen molar-refractivity contribution in [2.45, 2.75) is 32.0 Å². The number of aromatic nitrogens is 3. The molecule has 1 aliphatic carbocycles. The van der Waals surface area contributed by atoms with Crippen LogP contribution in [0.2, 0.25) is 0 Å². The molecule has 10 heteroatoms. The first-order valence-electron chi connectivity index (χ1n) is 10.1. The van der Waals surface area contributed by atoms with E-state index in [1.54, 1.807) is 6.07 Å². The summed E-state index contributed by atoms with van der Waals surface area (Å²) in [7, 11) is 1.49. The molecular weight excluding hydrogens is 455 g/mol. The van der Waals surface area contributed by atoms with Gasteiger partial charge in [0.15, 0.2) is 0 Å². The molecule has 0 saturated heterocycles. The van der Waals surface area contributed by atoms with Crippen LogP contribution in [0.3, 0.4) is 0 Å². The van der Waals surface area contributed by atoms with Crippen LogP contribution in [0.15, 0.2) is 30.5 Å². The second-order valence-corrected chi connectivity index (χ2v) is 9.27. The van der Waals surface area contributed by atoms with Crippen LogP contribution in [0.1, 0.15) is 40.4 Å². The van der Waals surface area contributed by atoms with Gasteiger partial charge in [0.25, 0.3) is 0 Å². The minimum Gasteiger partial charge on any atom is -0.480 e. The number of carbonyl (C=O) groups is 1. The zero-order valence-electron chi connectivity index (χ0n) is 17.6. The number of hydrogen-bond acceptors (Lipinski definition) is 7. The van der Waals surface area contributed by atoms with Crippen LogP contribution in [0, 0.1) is 12.3 Å². The van der Waals surface area contributed by atoms with E-state index in [0.29, 0.717) is 38.5 Å². The number of rotatable bonds is 5. The number of fused-ring (bicyclic) bond motifs is 2. The monoisotopic (exact) mass is 473 g/mol. The molecule has 1 fully saturated rings. The van der Waals surface area contributed by atoms with Crippen molar-refractivity contribution in [3.63, 3.8) is 0 Å². The topological polar surface area (TPSA) is 85.2 Å². The summed E-state index contributed by atoms with van der Waals surface area (Å²) in [6.07, 6.45) is -4.66. The second-order valence-electron chi connectivity index (χ2n) is 8.24. The van der Waals surface area contributed by atoms with Crippen LogP contribution >= 0.6 is 11.3 Å². The van der Waals surface area contributed by atoms with Gasteiger partial charge in [-0.25, -0.2) is 15.0 Å². The molecule has 1 atom stereocenters. The number of alkyl halides is 3. The highest BCUT2D eigenvalue weighted by Crippen LogP contribution is 2.64. The lowest BCUT2D eigenvalue weighted by Gasteiger charge is -2.25. The molecule has 1 unspecified atom stereocenters. The molecular formula is C23H18F3N3O3S. The summed E-state index contributed by atoms with van der Waals surface area (Å²) in [5, 5.41) is 11.3. The van der Waals surface area contributed by atoms with Gasteiger partial charge in [0.2, 0.25) is 5.88 Å². The third kappa shape index (κ3) is 3.44. The summed E-state index contributed by atoms with van der Waals surface area (Å²) in [6.45, 7) is 1.89. The van der Waals surface area contributed by atoms with E-state index in [9.17, 15) is 23.1 Å². The van der Waals surface area contributed by atoms with E-state index in [1.807, 2.05) is 19.1 Å². The highest BCUT2D eigenvalue weighted by molar-refractivity contribution is 7.21. The molecule has 0 spiro atoms. The van der Waals surface area contributed by atoms with Crippen molar-refractivity contribution in [2.24, 2.45) is 5.41 Å². The Morgan fingerprint density at radius 3 is 2.58 bits per heavy atom. The number of methoxy groups -OCH3 is 1. The molecule has 4 aromatic rings. The number of thiazole rings is 1. The second kappa shape index (κ2) is 7.46. The van der Waals surface area contributed by atoms with Crippen LogP contribution in [0.5, 0.6) is 5.88 Å². The lowest BCUT2D eigenvalue weighted by molar-refractivity contribution is -0.215. The van der Waals surface area contributed by atoms with Crippen LogP contribution in [0.25, 0.3) is 31.8 Å². The van der Waals surface area contributed by atoms with E-state index >= 15 is 0 Å². The Hall–Kier alpha value is -3.11. The van der Waals surface area contributed by atoms with Crippen LogP contribution in [-0.2, 0) is 0 Å². The first-order chi connectivity index (χ1) is 15.7. The Kier molecular flexibility index (Phi) is 4.91. The number of aliphatic hydroxyl groups is 1. The first kappa shape index (κ1) is 21.7. The van der Waals surface area contributed by atoms with Gasteiger partial charge in [0.05, 0.1) is 46.1 Å². The van der Waals surface area contributed by atoms with Gasteiger partial charge in [0.1, 0.15) is 11.3 Å². The smallest absolute Gasteiger partial charge is 0.397 e. The third-order valence-corrected chi connectivity index (χ3v) is 7.10. The van der Waals surface area contributed by atoms with E-state index in [1.165, 1.54) is 30.7 Å². The van der Waals surface area contributed by atoms with Gasteiger partial charge in [-0.2, -0.15) is 13.2 Å². The number of carbonyl (C=O) groups excluding carboxylic acids is 1. The number of aldehydes is 1. The lowest BCUT2D eigenvalue weighted by atomic mass is 9.90. The number of ether oxygens (including phenoxy) is 1. The van der Waals surface area contributed by atoms with Gasteiger partial charge in [-0.05, 0) is 49.6 Å². The molecule has 170 valence electrons. The molecule has 6 nitrogen and oxygen atoms in total. The number of aryl methyl sites for hydroxylation is 1. The fourth-order valence-electron chi connectivity index (χ4n) is 4.12. The molecule has 0 amide bonds. The number of hydrogen-bond donors (Lipinski definition) is 1. The van der Waals surface area contributed by atoms with Gasteiger partial charge in [-0.15, -0.1) is 11.3 Å². The van der Waals surface area contributed by atoms with E-state index < -0.39 is 17.7 Å². The molecule has 1 aliphatic rings. The highest BCUT2D eigenvalue weighted by Gasteiger charge is 2.67. The Morgan fingerprint density at radius 1 is 1.18 bits per heavy atom. The standard InChI is InChI=1S/C23H18F3N3O3S/c1-11-5-14(18-15(6-11)28-17(32-2)9-27-18)21-29-19-13(7-12(10-30)8-16(19)33-21)20(31)22(3-4-22)23(24,25)26/h5-10,20,31H,3-4H2,1-2H3. The molecule has 2 heterocycles.